The number of aromatic amines is 1. The van der Waals surface area contributed by atoms with Crippen molar-refractivity contribution in [1.82, 2.24) is 10.2 Å². The van der Waals surface area contributed by atoms with E-state index >= 15 is 0 Å². The lowest BCUT2D eigenvalue weighted by Crippen LogP contribution is -2.14. The van der Waals surface area contributed by atoms with Crippen molar-refractivity contribution < 1.29 is 12.8 Å². The second-order valence-electron chi connectivity index (χ2n) is 3.33. The van der Waals surface area contributed by atoms with Gasteiger partial charge in [-0.2, -0.15) is 10.4 Å². The molecule has 92 valence electrons. The molecule has 0 aliphatic heterocycles. The zero-order valence-corrected chi connectivity index (χ0v) is 9.70. The van der Waals surface area contributed by atoms with Crippen LogP contribution in [0.1, 0.15) is 5.56 Å². The molecular formula is C10H7FN4O2S. The molecule has 0 spiro atoms. The van der Waals surface area contributed by atoms with Crippen LogP contribution in [-0.2, 0) is 10.0 Å². The van der Waals surface area contributed by atoms with E-state index in [0.717, 1.165) is 12.1 Å². The molecule has 0 amide bonds. The number of hydrogen-bond acceptors (Lipinski definition) is 4. The molecule has 0 unspecified atom stereocenters. The van der Waals surface area contributed by atoms with E-state index in [9.17, 15) is 12.8 Å². The molecule has 1 heterocycles. The first kappa shape index (κ1) is 12.1. The van der Waals surface area contributed by atoms with Crippen molar-refractivity contribution in [3.63, 3.8) is 0 Å². The van der Waals surface area contributed by atoms with E-state index in [4.69, 9.17) is 5.26 Å². The summed E-state index contributed by atoms with van der Waals surface area (Å²) in [4.78, 5) is -0.235. The predicted octanol–water partition coefficient (Wildman–Crippen LogP) is 1.22. The average Bonchev–Trinajstić information content (AvgIpc) is 2.75. The second-order valence-corrected chi connectivity index (χ2v) is 5.02. The van der Waals surface area contributed by atoms with Crippen molar-refractivity contribution >= 4 is 15.8 Å². The zero-order valence-electron chi connectivity index (χ0n) is 8.88. The number of nitrogens with zero attached hydrogens (tertiary/aromatic N) is 2. The third kappa shape index (κ3) is 2.31. The van der Waals surface area contributed by atoms with Gasteiger partial charge in [0, 0.05) is 0 Å². The fraction of sp³-hybridized carbons (Fsp3) is 0. The van der Waals surface area contributed by atoms with E-state index < -0.39 is 15.8 Å². The third-order valence-corrected chi connectivity index (χ3v) is 3.45. The summed E-state index contributed by atoms with van der Waals surface area (Å²) >= 11 is 0. The van der Waals surface area contributed by atoms with Crippen molar-refractivity contribution in [2.75, 3.05) is 4.72 Å². The van der Waals surface area contributed by atoms with Gasteiger partial charge in [-0.05, 0) is 18.2 Å². The first-order valence-electron chi connectivity index (χ1n) is 4.75. The van der Waals surface area contributed by atoms with Gasteiger partial charge in [0.25, 0.3) is 10.0 Å². The highest BCUT2D eigenvalue weighted by Gasteiger charge is 2.17. The molecule has 6 nitrogen and oxygen atoms in total. The fourth-order valence-corrected chi connectivity index (χ4v) is 2.34. The van der Waals surface area contributed by atoms with Crippen LogP contribution in [0, 0.1) is 17.1 Å². The van der Waals surface area contributed by atoms with E-state index in [-0.39, 0.29) is 16.3 Å². The number of sulfonamides is 1. The normalized spacial score (nSPS) is 10.9. The number of benzene rings is 1. The number of anilines is 1. The summed E-state index contributed by atoms with van der Waals surface area (Å²) in [6, 6.07) is 6.30. The number of nitrogens with one attached hydrogen (secondary N) is 2. The van der Waals surface area contributed by atoms with Crippen LogP contribution in [0.2, 0.25) is 0 Å². The van der Waals surface area contributed by atoms with Crippen molar-refractivity contribution in [2.24, 2.45) is 0 Å². The lowest BCUT2D eigenvalue weighted by atomic mass is 10.4. The summed E-state index contributed by atoms with van der Waals surface area (Å²) in [6.45, 7) is 0. The topological polar surface area (TPSA) is 98.6 Å². The van der Waals surface area contributed by atoms with Crippen LogP contribution in [0.4, 0.5) is 10.2 Å². The first-order chi connectivity index (χ1) is 8.53. The molecule has 0 bridgehead atoms. The Kier molecular flexibility index (Phi) is 2.99. The Hall–Kier alpha value is -2.40. The van der Waals surface area contributed by atoms with Gasteiger partial charge < -0.3 is 0 Å². The molecule has 2 N–H and O–H groups in total. The number of rotatable bonds is 3. The van der Waals surface area contributed by atoms with Gasteiger partial charge in [0.2, 0.25) is 0 Å². The largest absolute Gasteiger partial charge is 0.263 e. The Balaban J connectivity index is 2.37. The Morgan fingerprint density at radius 2 is 2.22 bits per heavy atom. The van der Waals surface area contributed by atoms with Gasteiger partial charge in [0.1, 0.15) is 17.4 Å². The minimum Gasteiger partial charge on any atom is -0.263 e. The molecule has 2 aromatic rings. The van der Waals surface area contributed by atoms with Crippen LogP contribution >= 0.6 is 0 Å². The molecule has 18 heavy (non-hydrogen) atoms. The molecule has 1 aromatic heterocycles. The molecule has 8 heteroatoms. The van der Waals surface area contributed by atoms with E-state index in [1.807, 2.05) is 0 Å². The highest BCUT2D eigenvalue weighted by molar-refractivity contribution is 7.92. The highest BCUT2D eigenvalue weighted by atomic mass is 32.2. The van der Waals surface area contributed by atoms with Gasteiger partial charge in [-0.1, -0.05) is 6.07 Å². The van der Waals surface area contributed by atoms with Gasteiger partial charge in [-0.15, -0.1) is 0 Å². The third-order valence-electron chi connectivity index (χ3n) is 2.10. The quantitative estimate of drug-likeness (QED) is 0.872. The predicted molar refractivity (Wildman–Crippen MR) is 60.5 cm³/mol. The van der Waals surface area contributed by atoms with Crippen LogP contribution < -0.4 is 4.72 Å². The standard InChI is InChI=1S/C10H7FN4O2S/c11-8-2-1-3-9(4-8)18(16,17)15-10-7(5-12)6-13-14-10/h1-4,6H,(H2,13,14,15). The van der Waals surface area contributed by atoms with Crippen LogP contribution in [0.5, 0.6) is 0 Å². The summed E-state index contributed by atoms with van der Waals surface area (Å²) in [5, 5.41) is 14.6. The van der Waals surface area contributed by atoms with E-state index in [1.165, 1.54) is 18.3 Å². The monoisotopic (exact) mass is 266 g/mol. The van der Waals surface area contributed by atoms with Crippen molar-refractivity contribution in [2.45, 2.75) is 4.90 Å². The summed E-state index contributed by atoms with van der Waals surface area (Å²) in [6.07, 6.45) is 1.18. The maximum atomic E-state index is 13.0. The number of H-pyrrole nitrogens is 1. The smallest absolute Gasteiger partial charge is 0.263 e. The molecule has 0 saturated carbocycles. The lowest BCUT2D eigenvalue weighted by Gasteiger charge is -2.06. The minimum absolute atomic E-state index is 0.0509. The van der Waals surface area contributed by atoms with Gasteiger partial charge >= 0.3 is 0 Å². The fourth-order valence-electron chi connectivity index (χ4n) is 1.28. The van der Waals surface area contributed by atoms with E-state index in [2.05, 4.69) is 14.9 Å². The van der Waals surface area contributed by atoms with E-state index in [1.54, 1.807) is 6.07 Å². The Bertz CT molecular complexity index is 717. The molecule has 0 aliphatic carbocycles. The van der Waals surface area contributed by atoms with Gasteiger partial charge in [0.05, 0.1) is 11.1 Å². The molecule has 0 radical (unpaired) electrons. The first-order valence-corrected chi connectivity index (χ1v) is 6.23. The molecule has 1 aromatic carbocycles. The summed E-state index contributed by atoms with van der Waals surface area (Å²) in [5.41, 5.74) is 0.0509. The van der Waals surface area contributed by atoms with Gasteiger partial charge in [-0.25, -0.2) is 12.8 Å². The number of aromatic nitrogens is 2. The minimum atomic E-state index is -3.95. The Labute approximate surface area is 102 Å². The summed E-state index contributed by atoms with van der Waals surface area (Å²) in [7, 11) is -3.95. The Morgan fingerprint density at radius 1 is 1.44 bits per heavy atom. The molecule has 0 aliphatic rings. The van der Waals surface area contributed by atoms with Crippen LogP contribution in [0.25, 0.3) is 0 Å². The maximum absolute atomic E-state index is 13.0. The SMILES string of the molecule is N#Cc1cn[nH]c1NS(=O)(=O)c1cccc(F)c1. The molecular weight excluding hydrogens is 259 g/mol. The highest BCUT2D eigenvalue weighted by Crippen LogP contribution is 2.17. The number of nitriles is 1. The Morgan fingerprint density at radius 3 is 2.89 bits per heavy atom. The molecule has 2 rings (SSSR count). The van der Waals surface area contributed by atoms with E-state index in [0.29, 0.717) is 0 Å². The zero-order chi connectivity index (χ0) is 13.2. The average molecular weight is 266 g/mol. The number of hydrogen-bond donors (Lipinski definition) is 2. The van der Waals surface area contributed by atoms with Gasteiger partial charge in [-0.3, -0.25) is 9.82 Å². The summed E-state index contributed by atoms with van der Waals surface area (Å²) < 4.78 is 38.9. The van der Waals surface area contributed by atoms with Gasteiger partial charge in [0.15, 0.2) is 5.82 Å². The molecule has 0 fully saturated rings. The van der Waals surface area contributed by atoms with Crippen LogP contribution in [-0.4, -0.2) is 18.6 Å². The van der Waals surface area contributed by atoms with Crippen molar-refractivity contribution in [3.05, 3.63) is 41.8 Å². The number of halogens is 1. The van der Waals surface area contributed by atoms with Crippen LogP contribution in [0.3, 0.4) is 0 Å². The lowest BCUT2D eigenvalue weighted by molar-refractivity contribution is 0.595. The second kappa shape index (κ2) is 4.46. The molecule has 0 atom stereocenters. The summed E-state index contributed by atoms with van der Waals surface area (Å²) in [5.74, 6) is -0.718. The van der Waals surface area contributed by atoms with Crippen LogP contribution in [0.15, 0.2) is 35.4 Å². The van der Waals surface area contributed by atoms with Crippen molar-refractivity contribution in [1.29, 1.82) is 5.26 Å². The van der Waals surface area contributed by atoms with Crippen molar-refractivity contribution in [3.8, 4) is 6.07 Å². The maximum Gasteiger partial charge on any atom is 0.263 e. The molecule has 0 saturated heterocycles.